The van der Waals surface area contributed by atoms with Crippen LogP contribution < -0.4 is 38.9 Å². The van der Waals surface area contributed by atoms with Crippen molar-refractivity contribution < 1.29 is 29.1 Å². The second-order valence-electron chi connectivity index (χ2n) is 7.87. The third-order valence-corrected chi connectivity index (χ3v) is 4.93. The highest BCUT2D eigenvalue weighted by atomic mass is 16.4. The number of amides is 4. The normalized spacial score (nSPS) is 14.4. The molecule has 12 N–H and O–H groups in total. The Bertz CT molecular complexity index is 661. The van der Waals surface area contributed by atoms with Crippen LogP contribution in [0.4, 0.5) is 0 Å². The summed E-state index contributed by atoms with van der Waals surface area (Å²) in [4.78, 5) is 59.9. The van der Waals surface area contributed by atoms with E-state index in [1.54, 1.807) is 0 Å². The fourth-order valence-corrected chi connectivity index (χ4v) is 2.90. The van der Waals surface area contributed by atoms with Gasteiger partial charge in [-0.1, -0.05) is 6.42 Å². The molecule has 0 aromatic rings. The van der Waals surface area contributed by atoms with E-state index in [-0.39, 0.29) is 19.3 Å². The standard InChI is InChI=1S/C20H39N7O6/c1-12(17(29)27-15(20(32)33)7-3-5-11-22)25-19(31)14(8-9-16(24)28)26-18(30)13(23)6-2-4-10-21/h12-15H,2-11,21-23H2,1H3,(H2,24,28)(H,25,31)(H,26,30)(H,27,29)(H,32,33). The van der Waals surface area contributed by atoms with Gasteiger partial charge in [0.1, 0.15) is 18.1 Å². The Morgan fingerprint density at radius 3 is 1.82 bits per heavy atom. The lowest BCUT2D eigenvalue weighted by Crippen LogP contribution is -2.56. The van der Waals surface area contributed by atoms with Crippen molar-refractivity contribution in [3.63, 3.8) is 0 Å². The average Bonchev–Trinajstić information content (AvgIpc) is 2.75. The summed E-state index contributed by atoms with van der Waals surface area (Å²) in [5, 5.41) is 16.6. The monoisotopic (exact) mass is 473 g/mol. The van der Waals surface area contributed by atoms with E-state index in [4.69, 9.17) is 22.9 Å². The molecule has 0 saturated carbocycles. The number of hydrogen-bond acceptors (Lipinski definition) is 8. The first-order valence-corrected chi connectivity index (χ1v) is 11.1. The molecule has 4 amide bonds. The number of carboxylic acids is 1. The Labute approximate surface area is 193 Å². The van der Waals surface area contributed by atoms with Crippen LogP contribution in [0.25, 0.3) is 0 Å². The number of rotatable bonds is 18. The van der Waals surface area contributed by atoms with Gasteiger partial charge in [0, 0.05) is 6.42 Å². The highest BCUT2D eigenvalue weighted by molar-refractivity contribution is 5.94. The fourth-order valence-electron chi connectivity index (χ4n) is 2.90. The Balaban J connectivity index is 5.02. The maximum absolute atomic E-state index is 12.7. The first-order chi connectivity index (χ1) is 15.5. The Morgan fingerprint density at radius 2 is 1.30 bits per heavy atom. The molecule has 0 fully saturated rings. The number of primary amides is 1. The van der Waals surface area contributed by atoms with Crippen molar-refractivity contribution in [2.75, 3.05) is 13.1 Å². The first kappa shape index (κ1) is 30.2. The molecule has 0 rings (SSSR count). The molecule has 0 heterocycles. The quantitative estimate of drug-likeness (QED) is 0.0970. The molecule has 190 valence electrons. The molecule has 4 unspecified atom stereocenters. The predicted molar refractivity (Wildman–Crippen MR) is 121 cm³/mol. The van der Waals surface area contributed by atoms with Crippen LogP contribution in [0.3, 0.4) is 0 Å². The van der Waals surface area contributed by atoms with Crippen LogP contribution in [0, 0.1) is 0 Å². The number of aliphatic carboxylic acids is 1. The summed E-state index contributed by atoms with van der Waals surface area (Å²) in [7, 11) is 0. The number of carbonyl (C=O) groups excluding carboxylic acids is 4. The zero-order chi connectivity index (χ0) is 25.4. The lowest BCUT2D eigenvalue weighted by molar-refractivity contribution is -0.142. The number of carbonyl (C=O) groups is 5. The molecule has 0 aromatic heterocycles. The van der Waals surface area contributed by atoms with Gasteiger partial charge in [-0.15, -0.1) is 0 Å². The Kier molecular flexibility index (Phi) is 15.4. The number of carboxylic acid groups (broad SMARTS) is 1. The molecule has 0 aliphatic heterocycles. The fraction of sp³-hybridized carbons (Fsp3) is 0.750. The minimum absolute atomic E-state index is 0.0897. The largest absolute Gasteiger partial charge is 0.480 e. The zero-order valence-corrected chi connectivity index (χ0v) is 19.2. The molecular weight excluding hydrogens is 434 g/mol. The van der Waals surface area contributed by atoms with Crippen LogP contribution in [0.2, 0.25) is 0 Å². The second-order valence-corrected chi connectivity index (χ2v) is 7.87. The molecule has 0 aliphatic rings. The summed E-state index contributed by atoms with van der Waals surface area (Å²) in [6, 6.07) is -4.24. The Hall–Kier alpha value is -2.77. The molecule has 13 nitrogen and oxygen atoms in total. The van der Waals surface area contributed by atoms with Crippen molar-refractivity contribution in [1.29, 1.82) is 0 Å². The van der Waals surface area contributed by atoms with Gasteiger partial charge in [-0.05, 0) is 58.5 Å². The predicted octanol–water partition coefficient (Wildman–Crippen LogP) is -2.60. The number of nitrogens with two attached hydrogens (primary N) is 4. The highest BCUT2D eigenvalue weighted by Crippen LogP contribution is 2.04. The smallest absolute Gasteiger partial charge is 0.326 e. The van der Waals surface area contributed by atoms with Crippen molar-refractivity contribution in [2.45, 2.75) is 82.5 Å². The lowest BCUT2D eigenvalue weighted by atomic mass is 10.1. The third kappa shape index (κ3) is 13.4. The number of unbranched alkanes of at least 4 members (excludes halogenated alkanes) is 2. The maximum Gasteiger partial charge on any atom is 0.326 e. The molecule has 13 heteroatoms. The molecule has 0 aliphatic carbocycles. The van der Waals surface area contributed by atoms with Gasteiger partial charge in [-0.2, -0.15) is 0 Å². The van der Waals surface area contributed by atoms with Gasteiger partial charge < -0.3 is 44.0 Å². The van der Waals surface area contributed by atoms with Crippen LogP contribution in [0.1, 0.15) is 58.3 Å². The highest BCUT2D eigenvalue weighted by Gasteiger charge is 2.28. The van der Waals surface area contributed by atoms with E-state index in [2.05, 4.69) is 16.0 Å². The summed E-state index contributed by atoms with van der Waals surface area (Å²) in [5.74, 6) is -3.88. The van der Waals surface area contributed by atoms with Gasteiger partial charge in [0.15, 0.2) is 0 Å². The summed E-state index contributed by atoms with van der Waals surface area (Å²) in [6.45, 7) is 2.24. The molecule has 0 radical (unpaired) electrons. The van der Waals surface area contributed by atoms with Gasteiger partial charge in [-0.25, -0.2) is 4.79 Å². The topological polar surface area (TPSA) is 246 Å². The summed E-state index contributed by atoms with van der Waals surface area (Å²) in [5.41, 5.74) is 21.8. The molecule has 0 spiro atoms. The average molecular weight is 474 g/mol. The van der Waals surface area contributed by atoms with Crippen LogP contribution in [0.15, 0.2) is 0 Å². The van der Waals surface area contributed by atoms with E-state index in [9.17, 15) is 29.1 Å². The van der Waals surface area contributed by atoms with Crippen LogP contribution in [-0.2, 0) is 24.0 Å². The minimum atomic E-state index is -1.20. The number of hydrogen-bond donors (Lipinski definition) is 8. The van der Waals surface area contributed by atoms with Gasteiger partial charge in [0.25, 0.3) is 0 Å². The van der Waals surface area contributed by atoms with Crippen molar-refractivity contribution in [2.24, 2.45) is 22.9 Å². The van der Waals surface area contributed by atoms with E-state index < -0.39 is 53.8 Å². The second kappa shape index (κ2) is 16.8. The lowest BCUT2D eigenvalue weighted by Gasteiger charge is -2.23. The van der Waals surface area contributed by atoms with E-state index in [1.165, 1.54) is 6.92 Å². The van der Waals surface area contributed by atoms with Crippen LogP contribution in [-0.4, -0.2) is 72.0 Å². The molecule has 4 atom stereocenters. The molecular formula is C20H39N7O6. The SMILES string of the molecule is CC(NC(=O)C(CCC(N)=O)NC(=O)C(N)CCCCN)C(=O)NC(CCCCN)C(=O)O. The van der Waals surface area contributed by atoms with E-state index in [0.29, 0.717) is 45.2 Å². The zero-order valence-electron chi connectivity index (χ0n) is 19.2. The maximum atomic E-state index is 12.7. The molecule has 0 saturated heterocycles. The summed E-state index contributed by atoms with van der Waals surface area (Å²) >= 11 is 0. The van der Waals surface area contributed by atoms with E-state index in [0.717, 1.165) is 0 Å². The summed E-state index contributed by atoms with van der Waals surface area (Å²) in [6.07, 6.45) is 2.75. The van der Waals surface area contributed by atoms with Crippen LogP contribution in [0.5, 0.6) is 0 Å². The Morgan fingerprint density at radius 1 is 0.758 bits per heavy atom. The van der Waals surface area contributed by atoms with Crippen LogP contribution >= 0.6 is 0 Å². The molecule has 33 heavy (non-hydrogen) atoms. The van der Waals surface area contributed by atoms with Crippen molar-refractivity contribution in [3.8, 4) is 0 Å². The van der Waals surface area contributed by atoms with Crippen molar-refractivity contribution in [3.05, 3.63) is 0 Å². The minimum Gasteiger partial charge on any atom is -0.480 e. The number of nitrogens with one attached hydrogen (secondary N) is 3. The third-order valence-electron chi connectivity index (χ3n) is 4.93. The van der Waals surface area contributed by atoms with E-state index in [1.807, 2.05) is 0 Å². The molecule has 0 aromatic carbocycles. The van der Waals surface area contributed by atoms with Crippen molar-refractivity contribution in [1.82, 2.24) is 16.0 Å². The van der Waals surface area contributed by atoms with Gasteiger partial charge in [-0.3, -0.25) is 19.2 Å². The van der Waals surface area contributed by atoms with Gasteiger partial charge in [0.05, 0.1) is 6.04 Å². The van der Waals surface area contributed by atoms with Crippen molar-refractivity contribution >= 4 is 29.6 Å². The summed E-state index contributed by atoms with van der Waals surface area (Å²) < 4.78 is 0. The van der Waals surface area contributed by atoms with Gasteiger partial charge in [0.2, 0.25) is 23.6 Å². The van der Waals surface area contributed by atoms with Gasteiger partial charge >= 0.3 is 5.97 Å². The first-order valence-electron chi connectivity index (χ1n) is 11.1. The molecule has 0 bridgehead atoms. The van der Waals surface area contributed by atoms with E-state index >= 15 is 0 Å².